The Morgan fingerprint density at radius 3 is 2.41 bits per heavy atom. The molecule has 8 nitrogen and oxygen atoms in total. The van der Waals surface area contributed by atoms with Crippen LogP contribution < -0.4 is 20.3 Å². The van der Waals surface area contributed by atoms with E-state index in [2.05, 4.69) is 17.6 Å². The third-order valence-corrected chi connectivity index (χ3v) is 6.49. The Bertz CT molecular complexity index is 1340. The van der Waals surface area contributed by atoms with Gasteiger partial charge in [-0.15, -0.1) is 0 Å². The van der Waals surface area contributed by atoms with E-state index >= 15 is 0 Å². The molecule has 0 aromatic heterocycles. The first-order valence-electron chi connectivity index (χ1n) is 13.2. The van der Waals surface area contributed by atoms with Gasteiger partial charge in [0.2, 0.25) is 18.0 Å². The number of amides is 3. The van der Waals surface area contributed by atoms with E-state index in [0.717, 1.165) is 35.3 Å². The van der Waals surface area contributed by atoms with Gasteiger partial charge < -0.3 is 20.3 Å². The van der Waals surface area contributed by atoms with Crippen LogP contribution >= 0.6 is 0 Å². The number of hydrogen-bond acceptors (Lipinski definition) is 5. The number of benzene rings is 3. The summed E-state index contributed by atoms with van der Waals surface area (Å²) in [6.07, 6.45) is 1.01. The third kappa shape index (κ3) is 6.90. The summed E-state index contributed by atoms with van der Waals surface area (Å²) in [5.74, 6) is -0.420. The molecule has 202 valence electrons. The normalized spacial score (nSPS) is 15.5. The van der Waals surface area contributed by atoms with Gasteiger partial charge in [0, 0.05) is 18.2 Å². The minimum atomic E-state index is -1.15. The van der Waals surface area contributed by atoms with E-state index in [1.807, 2.05) is 78.9 Å². The summed E-state index contributed by atoms with van der Waals surface area (Å²) in [6.45, 7) is 4.35. The van der Waals surface area contributed by atoms with Crippen molar-refractivity contribution >= 4 is 29.1 Å². The minimum absolute atomic E-state index is 0.115. The Labute approximate surface area is 229 Å². The number of carbonyl (C=O) groups is 3. The number of ether oxygens (including phenoxy) is 1. The van der Waals surface area contributed by atoms with E-state index in [4.69, 9.17) is 9.73 Å². The van der Waals surface area contributed by atoms with E-state index in [-0.39, 0.29) is 18.2 Å². The number of nitrogens with one attached hydrogen (secondary N) is 2. The highest BCUT2D eigenvalue weighted by atomic mass is 16.5. The average Bonchev–Trinajstić information content (AvgIpc) is 3.05. The van der Waals surface area contributed by atoms with Gasteiger partial charge in [-0.25, -0.2) is 4.99 Å². The first-order valence-corrected chi connectivity index (χ1v) is 13.2. The molecule has 1 aliphatic rings. The fraction of sp³-hybridized carbons (Fsp3) is 0.290. The number of aliphatic imine (C=N–C) groups is 1. The number of unbranched alkanes of at least 4 members (excludes halogenated alkanes) is 1. The second-order valence-electron chi connectivity index (χ2n) is 9.48. The summed E-state index contributed by atoms with van der Waals surface area (Å²) in [7, 11) is 1.66. The number of likely N-dealkylation sites (N-methyl/N-ethyl adjacent to an activating group) is 1. The molecule has 0 spiro atoms. The standard InChI is InChI=1S/C31H34N4O4/c1-4-5-19-39-24-17-15-22(16-18-24)20-27(36)32-21(2)30(37)34-29-31(38)35(3)26-14-10-9-13-25(26)28(33-29)23-11-7-6-8-12-23/h6-18,21,29H,4-5,19-20H2,1-3H3,(H,32,36)(H,34,37)/t21?,29-/m1/s1. The van der Waals surface area contributed by atoms with E-state index < -0.39 is 18.1 Å². The van der Waals surface area contributed by atoms with Crippen LogP contribution in [0.1, 0.15) is 43.4 Å². The molecular formula is C31H34N4O4. The molecule has 0 fully saturated rings. The number of benzodiazepines with no additional fused rings is 1. The van der Waals surface area contributed by atoms with Gasteiger partial charge in [0.25, 0.3) is 5.91 Å². The molecule has 39 heavy (non-hydrogen) atoms. The highest BCUT2D eigenvalue weighted by Crippen LogP contribution is 2.27. The van der Waals surface area contributed by atoms with E-state index in [0.29, 0.717) is 18.0 Å². The lowest BCUT2D eigenvalue weighted by molar-refractivity contribution is -0.130. The minimum Gasteiger partial charge on any atom is -0.494 e. The van der Waals surface area contributed by atoms with Crippen molar-refractivity contribution < 1.29 is 19.1 Å². The van der Waals surface area contributed by atoms with Crippen LogP contribution in [0.4, 0.5) is 5.69 Å². The molecule has 0 aliphatic carbocycles. The Morgan fingerprint density at radius 1 is 1.00 bits per heavy atom. The van der Waals surface area contributed by atoms with Crippen LogP contribution in [0.3, 0.4) is 0 Å². The maximum atomic E-state index is 13.3. The first-order chi connectivity index (χ1) is 18.9. The molecule has 3 aromatic rings. The molecule has 1 aliphatic heterocycles. The smallest absolute Gasteiger partial charge is 0.272 e. The van der Waals surface area contributed by atoms with Gasteiger partial charge in [-0.05, 0) is 37.1 Å². The molecule has 0 bridgehead atoms. The van der Waals surface area contributed by atoms with Crippen LogP contribution in [-0.2, 0) is 20.8 Å². The van der Waals surface area contributed by atoms with Gasteiger partial charge in [-0.3, -0.25) is 14.4 Å². The average molecular weight is 527 g/mol. The zero-order chi connectivity index (χ0) is 27.8. The number of hydrogen-bond donors (Lipinski definition) is 2. The second kappa shape index (κ2) is 12.9. The third-order valence-electron chi connectivity index (χ3n) is 6.49. The molecular weight excluding hydrogens is 492 g/mol. The number of carbonyl (C=O) groups excluding carboxylic acids is 3. The summed E-state index contributed by atoms with van der Waals surface area (Å²) in [6, 6.07) is 23.5. The van der Waals surface area contributed by atoms with Gasteiger partial charge in [0.05, 0.1) is 24.4 Å². The molecule has 1 heterocycles. The van der Waals surface area contributed by atoms with Crippen LogP contribution in [0.5, 0.6) is 5.75 Å². The summed E-state index contributed by atoms with van der Waals surface area (Å²) < 4.78 is 5.66. The lowest BCUT2D eigenvalue weighted by Crippen LogP contribution is -2.52. The fourth-order valence-electron chi connectivity index (χ4n) is 4.28. The molecule has 0 radical (unpaired) electrons. The number of nitrogens with zero attached hydrogens (tertiary/aromatic N) is 2. The summed E-state index contributed by atoms with van der Waals surface area (Å²) >= 11 is 0. The van der Waals surface area contributed by atoms with Gasteiger partial charge in [0.15, 0.2) is 0 Å². The Hall–Kier alpha value is -4.46. The Balaban J connectivity index is 1.43. The molecule has 0 saturated carbocycles. The predicted molar refractivity (Wildman–Crippen MR) is 152 cm³/mol. The van der Waals surface area contributed by atoms with Crippen LogP contribution in [0.15, 0.2) is 83.9 Å². The van der Waals surface area contributed by atoms with Crippen LogP contribution in [-0.4, -0.2) is 49.3 Å². The number of anilines is 1. The van der Waals surface area contributed by atoms with Crippen molar-refractivity contribution in [2.24, 2.45) is 4.99 Å². The topological polar surface area (TPSA) is 100 Å². The zero-order valence-electron chi connectivity index (χ0n) is 22.5. The van der Waals surface area contributed by atoms with Crippen molar-refractivity contribution in [3.63, 3.8) is 0 Å². The maximum absolute atomic E-state index is 13.3. The highest BCUT2D eigenvalue weighted by molar-refractivity contribution is 6.20. The predicted octanol–water partition coefficient (Wildman–Crippen LogP) is 3.87. The summed E-state index contributed by atoms with van der Waals surface area (Å²) in [5, 5.41) is 5.45. The maximum Gasteiger partial charge on any atom is 0.272 e. The molecule has 2 N–H and O–H groups in total. The SMILES string of the molecule is CCCCOc1ccc(CC(=O)NC(C)C(=O)N[C@H]2N=C(c3ccccc3)c3ccccc3N(C)C2=O)cc1. The molecule has 2 atom stereocenters. The van der Waals surface area contributed by atoms with Crippen LogP contribution in [0.25, 0.3) is 0 Å². The molecule has 0 saturated heterocycles. The summed E-state index contributed by atoms with van der Waals surface area (Å²) in [5.41, 5.74) is 3.73. The van der Waals surface area contributed by atoms with Gasteiger partial charge in [-0.2, -0.15) is 0 Å². The van der Waals surface area contributed by atoms with Gasteiger partial charge in [0.1, 0.15) is 11.8 Å². The Morgan fingerprint density at radius 2 is 1.69 bits per heavy atom. The number of fused-ring (bicyclic) bond motifs is 1. The Kier molecular flexibility index (Phi) is 9.10. The van der Waals surface area contributed by atoms with Crippen molar-refractivity contribution in [3.05, 3.63) is 95.6 Å². The van der Waals surface area contributed by atoms with Crippen LogP contribution in [0.2, 0.25) is 0 Å². The van der Waals surface area contributed by atoms with Gasteiger partial charge in [-0.1, -0.05) is 74.0 Å². The second-order valence-corrected chi connectivity index (χ2v) is 9.48. The largest absolute Gasteiger partial charge is 0.494 e. The molecule has 1 unspecified atom stereocenters. The zero-order valence-corrected chi connectivity index (χ0v) is 22.5. The van der Waals surface area contributed by atoms with E-state index in [1.165, 1.54) is 4.90 Å². The molecule has 3 amide bonds. The van der Waals surface area contributed by atoms with Crippen molar-refractivity contribution in [3.8, 4) is 5.75 Å². The van der Waals surface area contributed by atoms with Crippen molar-refractivity contribution in [1.29, 1.82) is 0 Å². The summed E-state index contributed by atoms with van der Waals surface area (Å²) in [4.78, 5) is 45.2. The van der Waals surface area contributed by atoms with E-state index in [9.17, 15) is 14.4 Å². The molecule has 8 heteroatoms. The highest BCUT2D eigenvalue weighted by Gasteiger charge is 2.32. The quantitative estimate of drug-likeness (QED) is 0.392. The lowest BCUT2D eigenvalue weighted by atomic mass is 10.0. The van der Waals surface area contributed by atoms with Crippen LogP contribution in [0, 0.1) is 0 Å². The first kappa shape index (κ1) is 27.6. The van der Waals surface area contributed by atoms with Crippen molar-refractivity contribution in [1.82, 2.24) is 10.6 Å². The molecule has 4 rings (SSSR count). The van der Waals surface area contributed by atoms with E-state index in [1.54, 1.807) is 14.0 Å². The lowest BCUT2D eigenvalue weighted by Gasteiger charge is -2.22. The fourth-order valence-corrected chi connectivity index (χ4v) is 4.28. The van der Waals surface area contributed by atoms with Gasteiger partial charge >= 0.3 is 0 Å². The molecule has 3 aromatic carbocycles. The monoisotopic (exact) mass is 526 g/mol. The van der Waals surface area contributed by atoms with Crippen molar-refractivity contribution in [2.75, 3.05) is 18.6 Å². The van der Waals surface area contributed by atoms with Crippen molar-refractivity contribution in [2.45, 2.75) is 45.3 Å². The number of para-hydroxylation sites is 1. The number of rotatable bonds is 10.